The maximum atomic E-state index is 12.3. The average Bonchev–Trinajstić information content (AvgIpc) is 3.28. The molecule has 0 saturated carbocycles. The predicted molar refractivity (Wildman–Crippen MR) is 89.6 cm³/mol. The van der Waals surface area contributed by atoms with Crippen molar-refractivity contribution in [2.75, 3.05) is 0 Å². The molecule has 0 aliphatic heterocycles. The lowest BCUT2D eigenvalue weighted by molar-refractivity contribution is 0.0466. The molecule has 0 aliphatic carbocycles. The van der Waals surface area contributed by atoms with Gasteiger partial charge in [-0.15, -0.1) is 32.9 Å². The van der Waals surface area contributed by atoms with E-state index in [1.807, 2.05) is 11.4 Å². The smallest absolute Gasteiger partial charge is 0.350 e. The van der Waals surface area contributed by atoms with Crippen LogP contribution in [0.25, 0.3) is 16.0 Å². The summed E-state index contributed by atoms with van der Waals surface area (Å²) >= 11 is 2.59. The van der Waals surface area contributed by atoms with Crippen LogP contribution in [0.3, 0.4) is 0 Å². The van der Waals surface area contributed by atoms with Crippen LogP contribution in [0, 0.1) is 6.92 Å². The Morgan fingerprint density at radius 1 is 1.33 bits per heavy atom. The molecular formula is C14H11N5O3S2. The second kappa shape index (κ2) is 5.49. The number of fused-ring (bicyclic) bond motifs is 3. The summed E-state index contributed by atoms with van der Waals surface area (Å²) in [5.41, 5.74) is 2.83. The van der Waals surface area contributed by atoms with Crippen molar-refractivity contribution in [2.24, 2.45) is 7.05 Å². The molecule has 4 aromatic rings. The minimum absolute atomic E-state index is 0.0412. The lowest BCUT2D eigenvalue weighted by atomic mass is 10.4. The third-order valence-corrected chi connectivity index (χ3v) is 5.46. The summed E-state index contributed by atoms with van der Waals surface area (Å²) < 4.78 is 9.12. The minimum atomic E-state index is -0.446. The Morgan fingerprint density at radius 2 is 2.17 bits per heavy atom. The van der Waals surface area contributed by atoms with E-state index in [4.69, 9.17) is 4.74 Å². The third kappa shape index (κ3) is 2.14. The molecule has 4 aromatic heterocycles. The number of hydrogen-bond acceptors (Lipinski definition) is 8. The van der Waals surface area contributed by atoms with Gasteiger partial charge in [-0.05, 0) is 18.4 Å². The Bertz CT molecular complexity index is 1140. The Labute approximate surface area is 143 Å². The van der Waals surface area contributed by atoms with Crippen molar-refractivity contribution in [1.29, 1.82) is 0 Å². The van der Waals surface area contributed by atoms with Crippen molar-refractivity contribution in [2.45, 2.75) is 13.5 Å². The first kappa shape index (κ1) is 15.0. The molecule has 0 N–H and O–H groups in total. The second-order valence-corrected chi connectivity index (χ2v) is 6.86. The van der Waals surface area contributed by atoms with Crippen LogP contribution < -0.4 is 5.56 Å². The quantitative estimate of drug-likeness (QED) is 0.517. The number of esters is 1. The summed E-state index contributed by atoms with van der Waals surface area (Å²) in [6.45, 7) is 1.71. The van der Waals surface area contributed by atoms with E-state index in [-0.39, 0.29) is 12.2 Å². The van der Waals surface area contributed by atoms with Crippen molar-refractivity contribution in [1.82, 2.24) is 24.1 Å². The number of carbonyl (C=O) groups excluding carboxylic acids is 1. The van der Waals surface area contributed by atoms with Gasteiger partial charge in [-0.1, -0.05) is 0 Å². The topological polar surface area (TPSA) is 91.4 Å². The predicted octanol–water partition coefficient (Wildman–Crippen LogP) is 1.76. The van der Waals surface area contributed by atoms with Gasteiger partial charge in [0.1, 0.15) is 9.58 Å². The zero-order valence-electron chi connectivity index (χ0n) is 12.7. The first-order chi connectivity index (χ1) is 11.6. The molecule has 4 heterocycles. The second-order valence-electron chi connectivity index (χ2n) is 5.09. The molecule has 24 heavy (non-hydrogen) atoms. The summed E-state index contributed by atoms with van der Waals surface area (Å²) in [7, 11) is 1.64. The third-order valence-electron chi connectivity index (χ3n) is 3.66. The number of aryl methyl sites for hydroxylation is 2. The molecule has 4 rings (SSSR count). The van der Waals surface area contributed by atoms with Crippen LogP contribution in [-0.4, -0.2) is 30.1 Å². The van der Waals surface area contributed by atoms with Crippen molar-refractivity contribution >= 4 is 44.6 Å². The lowest BCUT2D eigenvalue weighted by Gasteiger charge is -2.05. The van der Waals surface area contributed by atoms with Crippen molar-refractivity contribution in [3.8, 4) is 0 Å². The fraction of sp³-hybridized carbons (Fsp3) is 0.214. The lowest BCUT2D eigenvalue weighted by Crippen LogP contribution is -2.19. The van der Waals surface area contributed by atoms with E-state index >= 15 is 0 Å². The van der Waals surface area contributed by atoms with Crippen LogP contribution >= 0.6 is 22.7 Å². The summed E-state index contributed by atoms with van der Waals surface area (Å²) in [5.74, 6) is 0.420. The zero-order valence-corrected chi connectivity index (χ0v) is 14.3. The van der Waals surface area contributed by atoms with Gasteiger partial charge in [0.25, 0.3) is 5.56 Å². The van der Waals surface area contributed by atoms with Crippen LogP contribution in [-0.2, 0) is 18.4 Å². The molecule has 10 heteroatoms. The fourth-order valence-electron chi connectivity index (χ4n) is 2.44. The van der Waals surface area contributed by atoms with Gasteiger partial charge in [-0.25, -0.2) is 9.78 Å². The summed E-state index contributed by atoms with van der Waals surface area (Å²) in [4.78, 5) is 28.9. The van der Waals surface area contributed by atoms with E-state index in [1.165, 1.54) is 27.2 Å². The number of hydrogen-bond donors (Lipinski definition) is 0. The Balaban J connectivity index is 1.74. The van der Waals surface area contributed by atoms with Gasteiger partial charge in [0.2, 0.25) is 5.78 Å². The van der Waals surface area contributed by atoms with Crippen molar-refractivity contribution in [3.05, 3.63) is 43.7 Å². The molecule has 0 fully saturated rings. The number of thiophene rings is 1. The molecule has 0 aliphatic rings. The number of aromatic nitrogens is 5. The largest absolute Gasteiger partial charge is 0.453 e. The number of rotatable bonds is 3. The van der Waals surface area contributed by atoms with Gasteiger partial charge in [0, 0.05) is 7.05 Å². The maximum Gasteiger partial charge on any atom is 0.350 e. The van der Waals surface area contributed by atoms with Crippen LogP contribution in [0.5, 0.6) is 0 Å². The van der Waals surface area contributed by atoms with E-state index in [9.17, 15) is 9.59 Å². The summed E-state index contributed by atoms with van der Waals surface area (Å²) in [6, 6.07) is 1.83. The molecule has 0 spiro atoms. The van der Waals surface area contributed by atoms with E-state index < -0.39 is 5.97 Å². The van der Waals surface area contributed by atoms with E-state index in [0.29, 0.717) is 32.4 Å². The maximum absolute atomic E-state index is 12.3. The monoisotopic (exact) mass is 361 g/mol. The number of ether oxygens (including phenoxy) is 1. The normalized spacial score (nSPS) is 11.4. The van der Waals surface area contributed by atoms with Gasteiger partial charge in [-0.3, -0.25) is 13.8 Å². The SMILES string of the molecule is Cc1ncsc1C(=O)OCc1nnc2n(C)c(=O)c3sccc3n12. The van der Waals surface area contributed by atoms with Crippen LogP contribution in [0.4, 0.5) is 0 Å². The first-order valence-electron chi connectivity index (χ1n) is 6.95. The summed E-state index contributed by atoms with van der Waals surface area (Å²) in [5, 5.41) is 9.95. The van der Waals surface area contributed by atoms with E-state index in [2.05, 4.69) is 15.2 Å². The molecule has 0 amide bonds. The number of nitrogens with zero attached hydrogens (tertiary/aromatic N) is 5. The molecule has 0 aromatic carbocycles. The van der Waals surface area contributed by atoms with Gasteiger partial charge in [0.15, 0.2) is 12.4 Å². The molecule has 0 saturated heterocycles. The van der Waals surface area contributed by atoms with Crippen LogP contribution in [0.2, 0.25) is 0 Å². The molecule has 0 atom stereocenters. The van der Waals surface area contributed by atoms with Gasteiger partial charge in [0.05, 0.1) is 16.7 Å². The van der Waals surface area contributed by atoms with Gasteiger partial charge >= 0.3 is 5.97 Å². The highest BCUT2D eigenvalue weighted by Crippen LogP contribution is 2.20. The van der Waals surface area contributed by atoms with Crippen LogP contribution in [0.1, 0.15) is 21.2 Å². The van der Waals surface area contributed by atoms with Crippen molar-refractivity contribution < 1.29 is 9.53 Å². The molecule has 0 radical (unpaired) electrons. The van der Waals surface area contributed by atoms with Crippen molar-refractivity contribution in [3.63, 3.8) is 0 Å². The molecule has 0 unspecified atom stereocenters. The highest BCUT2D eigenvalue weighted by Gasteiger charge is 2.18. The Kier molecular flexibility index (Phi) is 3.43. The van der Waals surface area contributed by atoms with Gasteiger partial charge < -0.3 is 4.74 Å². The Morgan fingerprint density at radius 3 is 2.92 bits per heavy atom. The molecule has 8 nitrogen and oxygen atoms in total. The average molecular weight is 361 g/mol. The number of thiazole rings is 1. The molecular weight excluding hydrogens is 350 g/mol. The van der Waals surface area contributed by atoms with E-state index in [0.717, 1.165) is 0 Å². The Hall–Kier alpha value is -2.59. The molecule has 122 valence electrons. The van der Waals surface area contributed by atoms with E-state index in [1.54, 1.807) is 23.9 Å². The van der Waals surface area contributed by atoms with Crippen LogP contribution in [0.15, 0.2) is 21.8 Å². The highest BCUT2D eigenvalue weighted by molar-refractivity contribution is 7.17. The fourth-order valence-corrected chi connectivity index (χ4v) is 3.99. The zero-order chi connectivity index (χ0) is 16.8. The minimum Gasteiger partial charge on any atom is -0.453 e. The van der Waals surface area contributed by atoms with Gasteiger partial charge in [-0.2, -0.15) is 0 Å². The molecule has 0 bridgehead atoms. The highest BCUT2D eigenvalue weighted by atomic mass is 32.1. The number of carbonyl (C=O) groups is 1. The first-order valence-corrected chi connectivity index (χ1v) is 8.71. The summed E-state index contributed by atoms with van der Waals surface area (Å²) in [6.07, 6.45) is 0. The standard InChI is InChI=1S/C14H11N5O3S2/c1-7-10(24-6-15-7)13(21)22-5-9-16-17-14-18(2)12(20)11-8(19(9)14)3-4-23-11/h3-4,6H,5H2,1-2H3.